The molecule has 112 valence electrons. The molecule has 5 nitrogen and oxygen atoms in total. The fourth-order valence-corrected chi connectivity index (χ4v) is 5.56. The van der Waals surface area contributed by atoms with Gasteiger partial charge in [-0.1, -0.05) is 0 Å². The topological polar surface area (TPSA) is 72.6 Å². The van der Waals surface area contributed by atoms with Crippen molar-refractivity contribution in [3.05, 3.63) is 0 Å². The van der Waals surface area contributed by atoms with Gasteiger partial charge in [0.25, 0.3) is 0 Å². The van der Waals surface area contributed by atoms with E-state index in [0.717, 1.165) is 25.7 Å². The van der Waals surface area contributed by atoms with E-state index in [4.69, 9.17) is 10.5 Å². The maximum absolute atomic E-state index is 12.5. The van der Waals surface area contributed by atoms with Crippen LogP contribution >= 0.6 is 12.4 Å². The van der Waals surface area contributed by atoms with Crippen molar-refractivity contribution in [1.29, 1.82) is 0 Å². The van der Waals surface area contributed by atoms with Crippen LogP contribution in [0.5, 0.6) is 0 Å². The fourth-order valence-electron chi connectivity index (χ4n) is 3.63. The molecule has 2 heterocycles. The highest BCUT2D eigenvalue weighted by Crippen LogP contribution is 2.39. The van der Waals surface area contributed by atoms with Gasteiger partial charge < -0.3 is 10.5 Å². The van der Waals surface area contributed by atoms with E-state index in [1.165, 1.54) is 0 Å². The lowest BCUT2D eigenvalue weighted by atomic mass is 9.98. The Morgan fingerprint density at radius 3 is 2.58 bits per heavy atom. The van der Waals surface area contributed by atoms with E-state index in [1.54, 1.807) is 4.31 Å². The van der Waals surface area contributed by atoms with Gasteiger partial charge in [-0.25, -0.2) is 12.7 Å². The molecule has 0 amide bonds. The quantitative estimate of drug-likeness (QED) is 0.810. The first-order valence-corrected chi connectivity index (χ1v) is 8.41. The Labute approximate surface area is 121 Å². The zero-order valence-corrected chi connectivity index (χ0v) is 12.7. The van der Waals surface area contributed by atoms with Crippen molar-refractivity contribution in [2.45, 2.75) is 37.0 Å². The predicted octanol–water partition coefficient (Wildman–Crippen LogP) is 0.586. The Hall–Kier alpha value is 0.120. The minimum absolute atomic E-state index is 0. The first-order valence-electron chi connectivity index (χ1n) is 6.91. The zero-order chi connectivity index (χ0) is 12.8. The van der Waals surface area contributed by atoms with Gasteiger partial charge in [0, 0.05) is 25.7 Å². The van der Waals surface area contributed by atoms with Crippen LogP contribution in [0.15, 0.2) is 0 Å². The van der Waals surface area contributed by atoms with Crippen LogP contribution < -0.4 is 5.73 Å². The van der Waals surface area contributed by atoms with Crippen LogP contribution in [-0.4, -0.2) is 50.3 Å². The average molecular weight is 311 g/mol. The van der Waals surface area contributed by atoms with Crippen LogP contribution in [0.3, 0.4) is 0 Å². The largest absolute Gasteiger partial charge is 0.380 e. The molecule has 2 N–H and O–H groups in total. The molecule has 2 aliphatic heterocycles. The molecule has 0 radical (unpaired) electrons. The SMILES string of the molecule is Cl.NC1CCC2CN(S(=O)(=O)C3CCCOC3)CC12. The second kappa shape index (κ2) is 5.85. The number of fused-ring (bicyclic) bond motifs is 1. The van der Waals surface area contributed by atoms with Gasteiger partial charge in [-0.05, 0) is 37.5 Å². The van der Waals surface area contributed by atoms with Gasteiger partial charge in [0.2, 0.25) is 10.0 Å². The highest BCUT2D eigenvalue weighted by Gasteiger charge is 2.46. The van der Waals surface area contributed by atoms with Gasteiger partial charge in [-0.15, -0.1) is 12.4 Å². The monoisotopic (exact) mass is 310 g/mol. The van der Waals surface area contributed by atoms with Crippen molar-refractivity contribution >= 4 is 22.4 Å². The zero-order valence-electron chi connectivity index (χ0n) is 11.0. The van der Waals surface area contributed by atoms with E-state index in [-0.39, 0.29) is 23.7 Å². The van der Waals surface area contributed by atoms with Gasteiger partial charge in [0.05, 0.1) is 11.9 Å². The molecule has 4 atom stereocenters. The van der Waals surface area contributed by atoms with Crippen molar-refractivity contribution in [2.24, 2.45) is 17.6 Å². The van der Waals surface area contributed by atoms with Crippen molar-refractivity contribution < 1.29 is 13.2 Å². The number of ether oxygens (including phenoxy) is 1. The predicted molar refractivity (Wildman–Crippen MR) is 75.8 cm³/mol. The molecular formula is C12H23ClN2O3S. The van der Waals surface area contributed by atoms with Crippen LogP contribution in [0.4, 0.5) is 0 Å². The van der Waals surface area contributed by atoms with Crippen LogP contribution in [0.1, 0.15) is 25.7 Å². The van der Waals surface area contributed by atoms with E-state index in [1.807, 2.05) is 0 Å². The summed E-state index contributed by atoms with van der Waals surface area (Å²) >= 11 is 0. The molecule has 3 rings (SSSR count). The second-order valence-corrected chi connectivity index (χ2v) is 8.08. The van der Waals surface area contributed by atoms with Crippen LogP contribution in [0.25, 0.3) is 0 Å². The average Bonchev–Trinajstić information content (AvgIpc) is 2.94. The number of hydrogen-bond donors (Lipinski definition) is 1. The molecule has 2 saturated heterocycles. The Morgan fingerprint density at radius 1 is 1.16 bits per heavy atom. The molecular weight excluding hydrogens is 288 g/mol. The third-order valence-corrected chi connectivity index (χ3v) is 7.01. The van der Waals surface area contributed by atoms with E-state index in [2.05, 4.69) is 0 Å². The van der Waals surface area contributed by atoms with Crippen LogP contribution in [0.2, 0.25) is 0 Å². The maximum Gasteiger partial charge on any atom is 0.219 e. The van der Waals surface area contributed by atoms with Gasteiger partial charge in [0.1, 0.15) is 0 Å². The van der Waals surface area contributed by atoms with Gasteiger partial charge >= 0.3 is 0 Å². The lowest BCUT2D eigenvalue weighted by Crippen LogP contribution is -2.42. The minimum Gasteiger partial charge on any atom is -0.380 e. The molecule has 3 aliphatic rings. The summed E-state index contributed by atoms with van der Waals surface area (Å²) in [5, 5.41) is -0.332. The Kier molecular flexibility index (Phi) is 4.78. The summed E-state index contributed by atoms with van der Waals surface area (Å²) in [5.41, 5.74) is 6.06. The number of rotatable bonds is 2. The van der Waals surface area contributed by atoms with Crippen LogP contribution in [-0.2, 0) is 14.8 Å². The molecule has 19 heavy (non-hydrogen) atoms. The van der Waals surface area contributed by atoms with Gasteiger partial charge in [-0.3, -0.25) is 0 Å². The smallest absolute Gasteiger partial charge is 0.219 e. The lowest BCUT2D eigenvalue weighted by Gasteiger charge is -2.27. The first-order chi connectivity index (χ1) is 8.59. The highest BCUT2D eigenvalue weighted by atomic mass is 35.5. The molecule has 0 aromatic carbocycles. The van der Waals surface area contributed by atoms with Crippen molar-refractivity contribution in [3.63, 3.8) is 0 Å². The summed E-state index contributed by atoms with van der Waals surface area (Å²) in [4.78, 5) is 0. The van der Waals surface area contributed by atoms with E-state index in [0.29, 0.717) is 38.1 Å². The normalized spacial score (nSPS) is 39.8. The van der Waals surface area contributed by atoms with E-state index < -0.39 is 10.0 Å². The molecule has 0 bridgehead atoms. The summed E-state index contributed by atoms with van der Waals surface area (Å²) in [6.45, 7) is 2.37. The molecule has 0 aromatic rings. The molecule has 4 unspecified atom stereocenters. The summed E-state index contributed by atoms with van der Waals surface area (Å²) in [7, 11) is -3.17. The first kappa shape index (κ1) is 15.5. The van der Waals surface area contributed by atoms with E-state index in [9.17, 15) is 8.42 Å². The van der Waals surface area contributed by atoms with E-state index >= 15 is 0 Å². The standard InChI is InChI=1S/C12H22N2O3S.ClH/c13-12-4-3-9-6-14(7-11(9)12)18(15,16)10-2-1-5-17-8-10;/h9-12H,1-8,13H2;1H. The summed E-state index contributed by atoms with van der Waals surface area (Å²) in [6.07, 6.45) is 3.72. The lowest BCUT2D eigenvalue weighted by molar-refractivity contribution is 0.0976. The van der Waals surface area contributed by atoms with Gasteiger partial charge in [0.15, 0.2) is 0 Å². The summed E-state index contributed by atoms with van der Waals surface area (Å²) in [5.74, 6) is 0.864. The summed E-state index contributed by atoms with van der Waals surface area (Å²) in [6, 6.07) is 0.192. The molecule has 0 aromatic heterocycles. The maximum atomic E-state index is 12.5. The fraction of sp³-hybridized carbons (Fsp3) is 1.00. The highest BCUT2D eigenvalue weighted by molar-refractivity contribution is 7.89. The van der Waals surface area contributed by atoms with Crippen molar-refractivity contribution in [2.75, 3.05) is 26.3 Å². The molecule has 1 aliphatic carbocycles. The van der Waals surface area contributed by atoms with Crippen LogP contribution in [0, 0.1) is 11.8 Å². The minimum atomic E-state index is -3.17. The third kappa shape index (κ3) is 2.78. The molecule has 3 fully saturated rings. The Bertz CT molecular complexity index is 411. The van der Waals surface area contributed by atoms with Crippen molar-refractivity contribution in [1.82, 2.24) is 4.31 Å². The molecule has 0 spiro atoms. The number of hydrogen-bond acceptors (Lipinski definition) is 4. The third-order valence-electron chi connectivity index (χ3n) is 4.78. The molecule has 7 heteroatoms. The van der Waals surface area contributed by atoms with Crippen molar-refractivity contribution in [3.8, 4) is 0 Å². The summed E-state index contributed by atoms with van der Waals surface area (Å²) < 4.78 is 32.1. The number of sulfonamides is 1. The van der Waals surface area contributed by atoms with Gasteiger partial charge in [-0.2, -0.15) is 0 Å². The Balaban J connectivity index is 0.00000133. The number of nitrogens with zero attached hydrogens (tertiary/aromatic N) is 1. The second-order valence-electron chi connectivity index (χ2n) is 5.87. The number of halogens is 1. The Morgan fingerprint density at radius 2 is 1.95 bits per heavy atom. The number of nitrogens with two attached hydrogens (primary N) is 1. The molecule has 1 saturated carbocycles.